The molecule has 1 aromatic carbocycles. The first kappa shape index (κ1) is 14.2. The molecule has 1 heteroatoms. The summed E-state index contributed by atoms with van der Waals surface area (Å²) in [7, 11) is 0. The maximum Gasteiger partial charge on any atom is 0.00106 e. The molecule has 0 fully saturated rings. The van der Waals surface area contributed by atoms with Crippen LogP contribution in [0.1, 0.15) is 44.4 Å². The Balaban J connectivity index is 2.75. The largest absolute Gasteiger partial charge is 0.314 e. The maximum atomic E-state index is 3.54. The highest BCUT2D eigenvalue weighted by Crippen LogP contribution is 2.25. The molecule has 1 N–H and O–H groups in total. The third-order valence-electron chi connectivity index (χ3n) is 3.29. The smallest absolute Gasteiger partial charge is 0.00106 e. The van der Waals surface area contributed by atoms with E-state index in [9.17, 15) is 0 Å². The van der Waals surface area contributed by atoms with Crippen molar-refractivity contribution in [2.45, 2.75) is 54.0 Å². The van der Waals surface area contributed by atoms with Gasteiger partial charge in [0, 0.05) is 12.6 Å². The predicted molar refractivity (Wildman–Crippen MR) is 76.5 cm³/mol. The van der Waals surface area contributed by atoms with Gasteiger partial charge in [-0.3, -0.25) is 0 Å². The van der Waals surface area contributed by atoms with Gasteiger partial charge >= 0.3 is 0 Å². The van der Waals surface area contributed by atoms with Gasteiger partial charge in [0.25, 0.3) is 0 Å². The molecule has 0 aliphatic rings. The fourth-order valence-electron chi connectivity index (χ4n) is 2.15. The molecule has 0 heterocycles. The van der Waals surface area contributed by atoms with Gasteiger partial charge in [0.2, 0.25) is 0 Å². The lowest BCUT2D eigenvalue weighted by atomic mass is 9.82. The first-order valence-electron chi connectivity index (χ1n) is 6.60. The Bertz CT molecular complexity index is 344. The second-order valence-corrected chi connectivity index (χ2v) is 6.25. The van der Waals surface area contributed by atoms with Gasteiger partial charge in [-0.1, -0.05) is 45.9 Å². The average Bonchev–Trinajstić information content (AvgIpc) is 2.21. The molecule has 0 saturated heterocycles. The lowest BCUT2D eigenvalue weighted by molar-refractivity contribution is 0.325. The maximum absolute atomic E-state index is 3.54. The van der Waals surface area contributed by atoms with Gasteiger partial charge in [0.05, 0.1) is 0 Å². The van der Waals surface area contributed by atoms with Crippen LogP contribution in [0, 0.1) is 19.3 Å². The summed E-state index contributed by atoms with van der Waals surface area (Å²) in [6.45, 7) is 14.6. The van der Waals surface area contributed by atoms with Gasteiger partial charge in [-0.2, -0.15) is 0 Å². The normalized spacial score (nSPS) is 12.2. The van der Waals surface area contributed by atoms with Crippen LogP contribution < -0.4 is 5.32 Å². The molecule has 0 aromatic heterocycles. The van der Waals surface area contributed by atoms with Crippen molar-refractivity contribution in [1.29, 1.82) is 0 Å². The average molecular weight is 233 g/mol. The number of nitrogens with one attached hydrogen (secondary N) is 1. The van der Waals surface area contributed by atoms with Crippen LogP contribution in [-0.2, 0) is 6.42 Å². The first-order chi connectivity index (χ1) is 7.82. The van der Waals surface area contributed by atoms with Gasteiger partial charge in [-0.25, -0.2) is 0 Å². The first-order valence-corrected chi connectivity index (χ1v) is 6.60. The van der Waals surface area contributed by atoms with Crippen LogP contribution >= 0.6 is 0 Å². The summed E-state index contributed by atoms with van der Waals surface area (Å²) in [5, 5.41) is 3.54. The van der Waals surface area contributed by atoms with Crippen molar-refractivity contribution >= 4 is 0 Å². The van der Waals surface area contributed by atoms with E-state index >= 15 is 0 Å². The number of rotatable bonds is 5. The molecular formula is C16H27N. The van der Waals surface area contributed by atoms with Crippen molar-refractivity contribution < 1.29 is 0 Å². The van der Waals surface area contributed by atoms with Crippen LogP contribution in [0.15, 0.2) is 18.2 Å². The van der Waals surface area contributed by atoms with E-state index < -0.39 is 0 Å². The van der Waals surface area contributed by atoms with Crippen LogP contribution in [0.5, 0.6) is 0 Å². The zero-order valence-corrected chi connectivity index (χ0v) is 12.2. The van der Waals surface area contributed by atoms with Gasteiger partial charge in [0.1, 0.15) is 0 Å². The molecule has 0 unspecified atom stereocenters. The van der Waals surface area contributed by atoms with Crippen molar-refractivity contribution in [3.63, 3.8) is 0 Å². The van der Waals surface area contributed by atoms with E-state index in [1.165, 1.54) is 16.7 Å². The minimum Gasteiger partial charge on any atom is -0.314 e. The summed E-state index contributed by atoms with van der Waals surface area (Å²) in [5.74, 6) is 0. The quantitative estimate of drug-likeness (QED) is 0.814. The van der Waals surface area contributed by atoms with Crippen LogP contribution in [0.4, 0.5) is 0 Å². The molecule has 1 nitrogen and oxygen atoms in total. The zero-order chi connectivity index (χ0) is 13.1. The minimum atomic E-state index is 0.307. The third-order valence-corrected chi connectivity index (χ3v) is 3.29. The highest BCUT2D eigenvalue weighted by molar-refractivity contribution is 5.34. The number of benzene rings is 1. The standard InChI is InChI=1S/C16H27N/c1-12(2)17-11-16(5,6)10-15-13(3)8-7-9-14(15)4/h7-9,12,17H,10-11H2,1-6H3. The van der Waals surface area contributed by atoms with Crippen molar-refractivity contribution in [1.82, 2.24) is 5.32 Å². The Labute approximate surface area is 107 Å². The van der Waals surface area contributed by atoms with Gasteiger partial charge in [-0.05, 0) is 42.4 Å². The molecule has 17 heavy (non-hydrogen) atoms. The monoisotopic (exact) mass is 233 g/mol. The predicted octanol–water partition coefficient (Wildman–Crippen LogP) is 3.87. The van der Waals surface area contributed by atoms with Crippen LogP contribution in [-0.4, -0.2) is 12.6 Å². The topological polar surface area (TPSA) is 12.0 Å². The van der Waals surface area contributed by atoms with Crippen molar-refractivity contribution in [2.24, 2.45) is 5.41 Å². The Kier molecular flexibility index (Phi) is 4.76. The van der Waals surface area contributed by atoms with Crippen LogP contribution in [0.25, 0.3) is 0 Å². The summed E-state index contributed by atoms with van der Waals surface area (Å²) in [4.78, 5) is 0. The van der Waals surface area contributed by atoms with Gasteiger partial charge < -0.3 is 5.32 Å². The Morgan fingerprint density at radius 3 is 2.12 bits per heavy atom. The van der Waals surface area contributed by atoms with Crippen molar-refractivity contribution in [3.05, 3.63) is 34.9 Å². The molecule has 0 atom stereocenters. The van der Waals surface area contributed by atoms with E-state index in [2.05, 4.69) is 65.1 Å². The number of hydrogen-bond acceptors (Lipinski definition) is 1. The SMILES string of the molecule is Cc1cccc(C)c1CC(C)(C)CNC(C)C. The van der Waals surface area contributed by atoms with Gasteiger partial charge in [-0.15, -0.1) is 0 Å². The molecule has 0 aliphatic carbocycles. The van der Waals surface area contributed by atoms with Crippen molar-refractivity contribution in [2.75, 3.05) is 6.54 Å². The fourth-order valence-corrected chi connectivity index (χ4v) is 2.15. The second kappa shape index (κ2) is 5.68. The zero-order valence-electron chi connectivity index (χ0n) is 12.2. The van der Waals surface area contributed by atoms with E-state index in [4.69, 9.17) is 0 Å². The van der Waals surface area contributed by atoms with E-state index in [0.29, 0.717) is 11.5 Å². The lowest BCUT2D eigenvalue weighted by Crippen LogP contribution is -2.35. The molecule has 0 saturated carbocycles. The molecule has 0 bridgehead atoms. The lowest BCUT2D eigenvalue weighted by Gasteiger charge is -2.28. The Hall–Kier alpha value is -0.820. The summed E-state index contributed by atoms with van der Waals surface area (Å²) < 4.78 is 0. The Morgan fingerprint density at radius 1 is 1.12 bits per heavy atom. The molecule has 0 amide bonds. The molecule has 0 aliphatic heterocycles. The van der Waals surface area contributed by atoms with Gasteiger partial charge in [0.15, 0.2) is 0 Å². The highest BCUT2D eigenvalue weighted by atomic mass is 14.9. The van der Waals surface area contributed by atoms with E-state index in [-0.39, 0.29) is 0 Å². The van der Waals surface area contributed by atoms with E-state index in [1.54, 1.807) is 0 Å². The summed E-state index contributed by atoms with van der Waals surface area (Å²) >= 11 is 0. The highest BCUT2D eigenvalue weighted by Gasteiger charge is 2.20. The molecule has 0 spiro atoms. The van der Waals surface area contributed by atoms with E-state index in [0.717, 1.165) is 13.0 Å². The van der Waals surface area contributed by atoms with E-state index in [1.807, 2.05) is 0 Å². The number of hydrogen-bond donors (Lipinski definition) is 1. The second-order valence-electron chi connectivity index (χ2n) is 6.25. The summed E-state index contributed by atoms with van der Waals surface area (Å²) in [6, 6.07) is 7.14. The Morgan fingerprint density at radius 2 is 1.65 bits per heavy atom. The minimum absolute atomic E-state index is 0.307. The molecule has 1 aromatic rings. The van der Waals surface area contributed by atoms with Crippen LogP contribution in [0.2, 0.25) is 0 Å². The molecular weight excluding hydrogens is 206 g/mol. The third kappa shape index (κ3) is 4.51. The molecule has 0 radical (unpaired) electrons. The summed E-state index contributed by atoms with van der Waals surface area (Å²) in [6.07, 6.45) is 1.14. The molecule has 1 rings (SSSR count). The summed E-state index contributed by atoms with van der Waals surface area (Å²) in [5.41, 5.74) is 4.66. The number of aryl methyl sites for hydroxylation is 2. The molecule has 96 valence electrons. The van der Waals surface area contributed by atoms with Crippen molar-refractivity contribution in [3.8, 4) is 0 Å². The van der Waals surface area contributed by atoms with Crippen LogP contribution in [0.3, 0.4) is 0 Å². The fraction of sp³-hybridized carbons (Fsp3) is 0.625.